The molecule has 0 bridgehead atoms. The van der Waals surface area contributed by atoms with Crippen LogP contribution in [0.4, 0.5) is 15.0 Å². The van der Waals surface area contributed by atoms with Crippen molar-refractivity contribution in [1.29, 1.82) is 0 Å². The molecule has 0 saturated heterocycles. The second-order valence-electron chi connectivity index (χ2n) is 1.98. The molecule has 0 spiro atoms. The molecule has 0 aliphatic rings. The normalized spacial score (nSPS) is 9.42. The summed E-state index contributed by atoms with van der Waals surface area (Å²) in [6.45, 7) is 0. The largest absolute Gasteiger partial charge is 0.465 e. The van der Waals surface area contributed by atoms with Gasteiger partial charge in [-0.05, 0) is 12.1 Å². The molecule has 0 aromatic carbocycles. The maximum absolute atomic E-state index is 12.5. The number of aromatic nitrogens is 1. The van der Waals surface area contributed by atoms with Crippen molar-refractivity contribution in [2.24, 2.45) is 0 Å². The van der Waals surface area contributed by atoms with E-state index in [9.17, 15) is 9.18 Å². The molecule has 1 aromatic heterocycles. The fourth-order valence-electron chi connectivity index (χ4n) is 0.644. The Balaban J connectivity index is 2.97. The van der Waals surface area contributed by atoms with E-state index in [0.717, 1.165) is 6.07 Å². The quantitative estimate of drug-likeness (QED) is 0.590. The third-order valence-corrected chi connectivity index (χ3v) is 1.40. The first-order valence-electron chi connectivity index (χ1n) is 2.98. The first kappa shape index (κ1) is 8.66. The van der Waals surface area contributed by atoms with Crippen molar-refractivity contribution in [3.8, 4) is 0 Å². The summed E-state index contributed by atoms with van der Waals surface area (Å²) in [6.07, 6.45) is -1.23. The number of H-pyrrole nitrogens is 1. The minimum atomic E-state index is -1.23. The number of amides is 1. The van der Waals surface area contributed by atoms with Crippen molar-refractivity contribution in [2.75, 3.05) is 5.32 Å². The molecule has 0 aliphatic carbocycles. The molecule has 1 amide bonds. The van der Waals surface area contributed by atoms with Crippen LogP contribution in [0.3, 0.4) is 0 Å². The van der Waals surface area contributed by atoms with Crippen molar-refractivity contribution in [3.63, 3.8) is 0 Å². The summed E-state index contributed by atoms with van der Waals surface area (Å²) >= 11 is 4.53. The zero-order valence-electron chi connectivity index (χ0n) is 5.80. The second-order valence-corrected chi connectivity index (χ2v) is 2.39. The summed E-state index contributed by atoms with van der Waals surface area (Å²) in [4.78, 5) is 12.5. The van der Waals surface area contributed by atoms with Gasteiger partial charge in [-0.1, -0.05) is 12.2 Å². The third-order valence-electron chi connectivity index (χ3n) is 1.10. The van der Waals surface area contributed by atoms with Crippen LogP contribution < -0.4 is 5.32 Å². The van der Waals surface area contributed by atoms with Crippen LogP contribution in [0.15, 0.2) is 12.1 Å². The van der Waals surface area contributed by atoms with E-state index in [4.69, 9.17) is 5.11 Å². The summed E-state index contributed by atoms with van der Waals surface area (Å²) < 4.78 is 12.4. The molecule has 1 rings (SSSR count). The Morgan fingerprint density at radius 1 is 1.67 bits per heavy atom. The van der Waals surface area contributed by atoms with Crippen molar-refractivity contribution >= 4 is 24.1 Å². The van der Waals surface area contributed by atoms with Crippen molar-refractivity contribution in [1.82, 2.24) is 4.98 Å². The van der Waals surface area contributed by atoms with Crippen LogP contribution in [0.1, 0.15) is 0 Å². The van der Waals surface area contributed by atoms with Gasteiger partial charge in [0.2, 0.25) is 0 Å². The van der Waals surface area contributed by atoms with E-state index < -0.39 is 11.9 Å². The number of carboxylic acid groups (broad SMARTS) is 1. The average Bonchev–Trinajstić information content (AvgIpc) is 1.96. The Hall–Kier alpha value is -1.43. The van der Waals surface area contributed by atoms with Gasteiger partial charge in [-0.3, -0.25) is 5.32 Å². The molecule has 0 unspecified atom stereocenters. The fourth-order valence-corrected chi connectivity index (χ4v) is 0.822. The number of hydrogen-bond acceptors (Lipinski definition) is 2. The van der Waals surface area contributed by atoms with Crippen LogP contribution in [0, 0.1) is 10.5 Å². The molecule has 4 nitrogen and oxygen atoms in total. The lowest BCUT2D eigenvalue weighted by atomic mass is 10.4. The third kappa shape index (κ3) is 2.03. The van der Waals surface area contributed by atoms with E-state index in [2.05, 4.69) is 17.2 Å². The second kappa shape index (κ2) is 3.31. The average molecular weight is 188 g/mol. The number of anilines is 1. The van der Waals surface area contributed by atoms with E-state index in [1.54, 1.807) is 0 Å². The molecule has 1 aromatic rings. The topological polar surface area (TPSA) is 65.1 Å². The molecule has 12 heavy (non-hydrogen) atoms. The zero-order chi connectivity index (χ0) is 9.14. The molecular weight excluding hydrogens is 183 g/mol. The number of carbonyl (C=O) groups is 1. The first-order chi connectivity index (χ1) is 5.59. The van der Waals surface area contributed by atoms with Crippen LogP contribution in [-0.4, -0.2) is 16.2 Å². The van der Waals surface area contributed by atoms with E-state index >= 15 is 0 Å². The molecule has 64 valence electrons. The van der Waals surface area contributed by atoms with Gasteiger partial charge in [0.1, 0.15) is 10.5 Å². The lowest BCUT2D eigenvalue weighted by Crippen LogP contribution is -2.08. The van der Waals surface area contributed by atoms with Gasteiger partial charge in [-0.2, -0.15) is 0 Å². The zero-order valence-corrected chi connectivity index (χ0v) is 6.61. The summed E-state index contributed by atoms with van der Waals surface area (Å²) in [5, 5.41) is 10.3. The maximum Gasteiger partial charge on any atom is 0.410 e. The SMILES string of the molecule is O=C(O)Nc1ccc(F)c(=S)[nH]1. The van der Waals surface area contributed by atoms with Gasteiger partial charge >= 0.3 is 6.09 Å². The highest BCUT2D eigenvalue weighted by Gasteiger charge is 1.99. The number of rotatable bonds is 1. The molecular formula is C6H5FN2O2S. The predicted octanol–water partition coefficient (Wildman–Crippen LogP) is 1.97. The number of aromatic amines is 1. The van der Waals surface area contributed by atoms with Crippen LogP contribution in [-0.2, 0) is 0 Å². The summed E-state index contributed by atoms with van der Waals surface area (Å²) in [6, 6.07) is 2.34. The van der Waals surface area contributed by atoms with Gasteiger partial charge in [-0.25, -0.2) is 9.18 Å². The van der Waals surface area contributed by atoms with Gasteiger partial charge in [0, 0.05) is 0 Å². The monoisotopic (exact) mass is 188 g/mol. The Kier molecular flexibility index (Phi) is 2.39. The first-order valence-corrected chi connectivity index (χ1v) is 3.39. The van der Waals surface area contributed by atoms with Gasteiger partial charge in [0.25, 0.3) is 0 Å². The lowest BCUT2D eigenvalue weighted by molar-refractivity contribution is 0.209. The van der Waals surface area contributed by atoms with Gasteiger partial charge in [0.15, 0.2) is 5.82 Å². The highest BCUT2D eigenvalue weighted by atomic mass is 32.1. The minimum Gasteiger partial charge on any atom is -0.465 e. The minimum absolute atomic E-state index is 0.124. The van der Waals surface area contributed by atoms with Crippen LogP contribution in [0.2, 0.25) is 0 Å². The summed E-state index contributed by atoms with van der Waals surface area (Å²) in [7, 11) is 0. The van der Waals surface area contributed by atoms with Crippen molar-refractivity contribution in [2.45, 2.75) is 0 Å². The standard InChI is InChI=1S/C6H5FN2O2S/c7-3-1-2-4(8-5(3)12)9-6(10)11/h1-2H,(H,10,11)(H2,8,9,12). The lowest BCUT2D eigenvalue weighted by Gasteiger charge is -1.99. The van der Waals surface area contributed by atoms with E-state index in [1.807, 2.05) is 5.32 Å². The van der Waals surface area contributed by atoms with Gasteiger partial charge < -0.3 is 10.1 Å². The molecule has 6 heteroatoms. The Labute approximate surface area is 72.0 Å². The Morgan fingerprint density at radius 2 is 2.33 bits per heavy atom. The number of nitrogens with one attached hydrogen (secondary N) is 2. The molecule has 0 saturated carbocycles. The molecule has 0 radical (unpaired) electrons. The van der Waals surface area contributed by atoms with E-state index in [0.29, 0.717) is 0 Å². The fraction of sp³-hybridized carbons (Fsp3) is 0. The van der Waals surface area contributed by atoms with Crippen LogP contribution >= 0.6 is 12.2 Å². The number of halogens is 1. The molecule has 0 aliphatic heterocycles. The Morgan fingerprint density at radius 3 is 2.83 bits per heavy atom. The highest BCUT2D eigenvalue weighted by Crippen LogP contribution is 2.05. The van der Waals surface area contributed by atoms with Crippen LogP contribution in [0.5, 0.6) is 0 Å². The molecule has 0 atom stereocenters. The maximum atomic E-state index is 12.5. The number of hydrogen-bond donors (Lipinski definition) is 3. The predicted molar refractivity (Wildman–Crippen MR) is 43.2 cm³/mol. The smallest absolute Gasteiger partial charge is 0.410 e. The summed E-state index contributed by atoms with van der Waals surface area (Å²) in [5.41, 5.74) is 0. The number of pyridine rings is 1. The van der Waals surface area contributed by atoms with E-state index in [-0.39, 0.29) is 10.5 Å². The molecule has 3 N–H and O–H groups in total. The molecule has 0 fully saturated rings. The Bertz CT molecular complexity index is 363. The van der Waals surface area contributed by atoms with Gasteiger partial charge in [0.05, 0.1) is 0 Å². The van der Waals surface area contributed by atoms with Gasteiger partial charge in [-0.15, -0.1) is 0 Å². The van der Waals surface area contributed by atoms with Crippen LogP contribution in [0.25, 0.3) is 0 Å². The summed E-state index contributed by atoms with van der Waals surface area (Å²) in [5.74, 6) is -0.435. The molecule has 1 heterocycles. The highest BCUT2D eigenvalue weighted by molar-refractivity contribution is 7.71. The van der Waals surface area contributed by atoms with Crippen molar-refractivity contribution < 1.29 is 14.3 Å². The van der Waals surface area contributed by atoms with E-state index in [1.165, 1.54) is 6.07 Å². The van der Waals surface area contributed by atoms with Crippen molar-refractivity contribution in [3.05, 3.63) is 22.6 Å².